The van der Waals surface area contributed by atoms with Crippen molar-refractivity contribution in [2.24, 2.45) is 0 Å². The van der Waals surface area contributed by atoms with Crippen LogP contribution < -0.4 is 0 Å². The summed E-state index contributed by atoms with van der Waals surface area (Å²) in [6.07, 6.45) is -2.74. The zero-order chi connectivity index (χ0) is 17.6. The van der Waals surface area contributed by atoms with Gasteiger partial charge in [0.1, 0.15) is 12.2 Å². The van der Waals surface area contributed by atoms with Gasteiger partial charge in [-0.25, -0.2) is 0 Å². The fraction of sp³-hybridized carbons (Fsp3) is 1.00. The highest BCUT2D eigenvalue weighted by atomic mass is 16.7. The molecule has 2 N–H and O–H groups in total. The third kappa shape index (κ3) is 5.94. The summed E-state index contributed by atoms with van der Waals surface area (Å²) in [4.78, 5) is 0. The highest BCUT2D eigenvalue weighted by Crippen LogP contribution is 2.26. The lowest BCUT2D eigenvalue weighted by Crippen LogP contribution is -2.51. The molecule has 1 fully saturated rings. The SMILES string of the molecule is COC(C)CC(OC)C(OC1CC(OC)C(O)C(C)O1)C(C)O. The standard InChI is InChI=1S/C16H32O7/c1-9(19-4)7-13(21-6)16(10(2)17)23-14-8-12(20-5)15(18)11(3)22-14/h9-18H,7-8H2,1-6H3. The maximum absolute atomic E-state index is 10.1. The van der Waals surface area contributed by atoms with E-state index in [4.69, 9.17) is 23.7 Å². The predicted octanol–water partition coefficient (Wildman–Crippen LogP) is 0.703. The van der Waals surface area contributed by atoms with Gasteiger partial charge in [0.2, 0.25) is 0 Å². The summed E-state index contributed by atoms with van der Waals surface area (Å²) in [7, 11) is 4.76. The van der Waals surface area contributed by atoms with E-state index in [-0.39, 0.29) is 18.3 Å². The molecule has 138 valence electrons. The lowest BCUT2D eigenvalue weighted by atomic mass is 10.0. The van der Waals surface area contributed by atoms with Crippen LogP contribution in [0.15, 0.2) is 0 Å². The van der Waals surface area contributed by atoms with E-state index in [2.05, 4.69) is 0 Å². The normalized spacial score (nSPS) is 33.9. The fourth-order valence-electron chi connectivity index (χ4n) is 2.81. The van der Waals surface area contributed by atoms with Crippen LogP contribution in [0.3, 0.4) is 0 Å². The molecule has 0 aliphatic carbocycles. The van der Waals surface area contributed by atoms with Gasteiger partial charge >= 0.3 is 0 Å². The van der Waals surface area contributed by atoms with Gasteiger partial charge in [0.25, 0.3) is 0 Å². The Morgan fingerprint density at radius 1 is 1.17 bits per heavy atom. The van der Waals surface area contributed by atoms with Crippen molar-refractivity contribution in [3.63, 3.8) is 0 Å². The van der Waals surface area contributed by atoms with Crippen LogP contribution in [0.1, 0.15) is 33.6 Å². The van der Waals surface area contributed by atoms with Crippen LogP contribution in [0.25, 0.3) is 0 Å². The minimum Gasteiger partial charge on any atom is -0.391 e. The maximum Gasteiger partial charge on any atom is 0.161 e. The summed E-state index contributed by atoms with van der Waals surface area (Å²) in [6.45, 7) is 5.36. The molecule has 0 spiro atoms. The maximum atomic E-state index is 10.1. The Labute approximate surface area is 138 Å². The van der Waals surface area contributed by atoms with Crippen LogP contribution in [-0.4, -0.2) is 80.6 Å². The van der Waals surface area contributed by atoms with E-state index in [1.165, 1.54) is 0 Å². The zero-order valence-corrected chi connectivity index (χ0v) is 15.0. The molecular formula is C16H32O7. The van der Waals surface area contributed by atoms with E-state index < -0.39 is 30.7 Å². The van der Waals surface area contributed by atoms with Crippen molar-refractivity contribution in [2.45, 2.75) is 82.6 Å². The molecule has 1 rings (SSSR count). The van der Waals surface area contributed by atoms with Crippen LogP contribution in [0, 0.1) is 0 Å². The Morgan fingerprint density at radius 2 is 1.83 bits per heavy atom. The first kappa shape index (κ1) is 20.8. The lowest BCUT2D eigenvalue weighted by molar-refractivity contribution is -0.282. The summed E-state index contributed by atoms with van der Waals surface area (Å²) in [5.74, 6) is 0. The number of aliphatic hydroxyl groups excluding tert-OH is 2. The molecule has 0 aromatic carbocycles. The van der Waals surface area contributed by atoms with E-state index >= 15 is 0 Å². The molecule has 8 atom stereocenters. The monoisotopic (exact) mass is 336 g/mol. The Bertz CT molecular complexity index is 326. The molecule has 1 aliphatic rings. The minimum absolute atomic E-state index is 0.0236. The molecule has 7 heteroatoms. The van der Waals surface area contributed by atoms with E-state index in [1.807, 2.05) is 6.92 Å². The smallest absolute Gasteiger partial charge is 0.161 e. The number of ether oxygens (including phenoxy) is 5. The van der Waals surface area contributed by atoms with Crippen molar-refractivity contribution in [1.82, 2.24) is 0 Å². The van der Waals surface area contributed by atoms with Crippen LogP contribution in [0.2, 0.25) is 0 Å². The molecule has 7 nitrogen and oxygen atoms in total. The van der Waals surface area contributed by atoms with Crippen molar-refractivity contribution < 1.29 is 33.9 Å². The molecule has 0 amide bonds. The molecule has 1 saturated heterocycles. The van der Waals surface area contributed by atoms with E-state index in [9.17, 15) is 10.2 Å². The lowest BCUT2D eigenvalue weighted by Gasteiger charge is -2.40. The summed E-state index contributed by atoms with van der Waals surface area (Å²) in [5, 5.41) is 20.1. The van der Waals surface area contributed by atoms with Gasteiger partial charge in [-0.3, -0.25) is 0 Å². The zero-order valence-electron chi connectivity index (χ0n) is 15.0. The van der Waals surface area contributed by atoms with E-state index in [0.29, 0.717) is 12.8 Å². The average Bonchev–Trinajstić information content (AvgIpc) is 2.53. The van der Waals surface area contributed by atoms with Crippen molar-refractivity contribution in [2.75, 3.05) is 21.3 Å². The molecule has 1 aliphatic heterocycles. The third-order valence-electron chi connectivity index (χ3n) is 4.38. The first-order valence-corrected chi connectivity index (χ1v) is 8.09. The largest absolute Gasteiger partial charge is 0.391 e. The molecule has 0 bridgehead atoms. The van der Waals surface area contributed by atoms with Gasteiger partial charge in [-0.2, -0.15) is 0 Å². The number of hydrogen-bond donors (Lipinski definition) is 2. The summed E-state index contributed by atoms with van der Waals surface area (Å²) >= 11 is 0. The number of aliphatic hydroxyl groups is 2. The van der Waals surface area contributed by atoms with Crippen LogP contribution >= 0.6 is 0 Å². The van der Waals surface area contributed by atoms with Gasteiger partial charge in [-0.1, -0.05) is 0 Å². The van der Waals surface area contributed by atoms with E-state index in [0.717, 1.165) is 0 Å². The average molecular weight is 336 g/mol. The van der Waals surface area contributed by atoms with Gasteiger partial charge in [-0.15, -0.1) is 0 Å². The van der Waals surface area contributed by atoms with Crippen molar-refractivity contribution in [1.29, 1.82) is 0 Å². The quantitative estimate of drug-likeness (QED) is 0.641. The second-order valence-electron chi connectivity index (χ2n) is 6.17. The first-order valence-electron chi connectivity index (χ1n) is 8.09. The molecule has 0 aromatic rings. The van der Waals surface area contributed by atoms with Crippen molar-refractivity contribution in [3.8, 4) is 0 Å². The Morgan fingerprint density at radius 3 is 2.30 bits per heavy atom. The second kappa shape index (κ2) is 9.88. The predicted molar refractivity (Wildman–Crippen MR) is 84.2 cm³/mol. The van der Waals surface area contributed by atoms with Gasteiger partial charge in [0.05, 0.1) is 30.5 Å². The Balaban J connectivity index is 2.74. The molecule has 0 aromatic heterocycles. The molecule has 1 heterocycles. The van der Waals surface area contributed by atoms with Gasteiger partial charge in [-0.05, 0) is 20.8 Å². The fourth-order valence-corrected chi connectivity index (χ4v) is 2.81. The van der Waals surface area contributed by atoms with Gasteiger partial charge in [0.15, 0.2) is 6.29 Å². The summed E-state index contributed by atoms with van der Waals surface area (Å²) in [5.41, 5.74) is 0. The molecule has 8 unspecified atom stereocenters. The Hall–Kier alpha value is -0.280. The highest BCUT2D eigenvalue weighted by Gasteiger charge is 2.39. The van der Waals surface area contributed by atoms with Crippen LogP contribution in [-0.2, 0) is 23.7 Å². The molecule has 0 radical (unpaired) electrons. The molecular weight excluding hydrogens is 304 g/mol. The molecule has 0 saturated carbocycles. The topological polar surface area (TPSA) is 86.6 Å². The highest BCUT2D eigenvalue weighted by molar-refractivity contribution is 4.84. The van der Waals surface area contributed by atoms with Crippen molar-refractivity contribution >= 4 is 0 Å². The molecule has 23 heavy (non-hydrogen) atoms. The minimum atomic E-state index is -0.740. The summed E-state index contributed by atoms with van der Waals surface area (Å²) in [6, 6.07) is 0. The first-order chi connectivity index (χ1) is 10.8. The van der Waals surface area contributed by atoms with E-state index in [1.54, 1.807) is 35.2 Å². The number of methoxy groups -OCH3 is 3. The summed E-state index contributed by atoms with van der Waals surface area (Å²) < 4.78 is 27.7. The third-order valence-corrected chi connectivity index (χ3v) is 4.38. The van der Waals surface area contributed by atoms with Gasteiger partial charge < -0.3 is 33.9 Å². The number of hydrogen-bond acceptors (Lipinski definition) is 7. The van der Waals surface area contributed by atoms with Crippen molar-refractivity contribution in [3.05, 3.63) is 0 Å². The van der Waals surface area contributed by atoms with Gasteiger partial charge in [0, 0.05) is 34.2 Å². The number of rotatable bonds is 9. The van der Waals surface area contributed by atoms with Crippen LogP contribution in [0.4, 0.5) is 0 Å². The second-order valence-corrected chi connectivity index (χ2v) is 6.17. The van der Waals surface area contributed by atoms with Crippen LogP contribution in [0.5, 0.6) is 0 Å². The Kier molecular flexibility index (Phi) is 8.92.